The average Bonchev–Trinajstić information content (AvgIpc) is 2.62. The zero-order valence-corrected chi connectivity index (χ0v) is 10.5. The van der Waals surface area contributed by atoms with E-state index in [-0.39, 0.29) is 0 Å². The molecule has 2 aromatic rings. The first-order chi connectivity index (χ1) is 8.13. The molecule has 0 atom stereocenters. The fourth-order valence-corrected chi connectivity index (χ4v) is 2.00. The summed E-state index contributed by atoms with van der Waals surface area (Å²) in [6, 6.07) is 8.24. The molecule has 0 aliphatic carbocycles. The zero-order chi connectivity index (χ0) is 12.4. The number of para-hydroxylation sites is 1. The van der Waals surface area contributed by atoms with Crippen LogP contribution in [0.3, 0.4) is 0 Å². The third kappa shape index (κ3) is 2.11. The van der Waals surface area contributed by atoms with Crippen molar-refractivity contribution >= 4 is 17.3 Å². The molecule has 0 aliphatic rings. The Bertz CT molecular complexity index is 516. The van der Waals surface area contributed by atoms with Crippen molar-refractivity contribution in [2.45, 2.75) is 20.8 Å². The molecule has 3 N–H and O–H groups in total. The maximum atomic E-state index is 5.95. The van der Waals surface area contributed by atoms with Gasteiger partial charge in [0.2, 0.25) is 0 Å². The zero-order valence-electron chi connectivity index (χ0n) is 10.5. The van der Waals surface area contributed by atoms with Crippen molar-refractivity contribution in [1.82, 2.24) is 9.97 Å². The Kier molecular flexibility index (Phi) is 3.04. The van der Waals surface area contributed by atoms with Crippen LogP contribution in [0.1, 0.15) is 18.3 Å². The molecule has 0 fully saturated rings. The van der Waals surface area contributed by atoms with Crippen LogP contribution in [-0.2, 0) is 0 Å². The molecular formula is C13H18N4. The van der Waals surface area contributed by atoms with Gasteiger partial charge >= 0.3 is 0 Å². The summed E-state index contributed by atoms with van der Waals surface area (Å²) in [7, 11) is 0. The minimum absolute atomic E-state index is 0.618. The van der Waals surface area contributed by atoms with Crippen molar-refractivity contribution in [3.63, 3.8) is 0 Å². The molecular weight excluding hydrogens is 212 g/mol. The fourth-order valence-electron chi connectivity index (χ4n) is 2.00. The molecule has 0 saturated heterocycles. The van der Waals surface area contributed by atoms with Crippen molar-refractivity contribution in [2.24, 2.45) is 0 Å². The van der Waals surface area contributed by atoms with Crippen LogP contribution in [0.2, 0.25) is 0 Å². The average molecular weight is 230 g/mol. The standard InChI is InChI=1S/C13H18N4/c1-4-17(11-8-6-5-7-9(11)2)13-12(14)15-10(3)16-13/h5-8H,4,14H2,1-3H3,(H,15,16). The monoisotopic (exact) mass is 230 g/mol. The Morgan fingerprint density at radius 3 is 2.53 bits per heavy atom. The number of H-pyrrole nitrogens is 1. The van der Waals surface area contributed by atoms with Gasteiger partial charge in [-0.05, 0) is 32.4 Å². The molecule has 0 radical (unpaired) electrons. The van der Waals surface area contributed by atoms with Crippen molar-refractivity contribution in [1.29, 1.82) is 0 Å². The Morgan fingerprint density at radius 1 is 1.29 bits per heavy atom. The number of benzene rings is 1. The smallest absolute Gasteiger partial charge is 0.175 e. The number of aromatic amines is 1. The minimum Gasteiger partial charge on any atom is -0.382 e. The fraction of sp³-hybridized carbons (Fsp3) is 0.308. The number of nitrogens with zero attached hydrogens (tertiary/aromatic N) is 2. The minimum atomic E-state index is 0.618. The first-order valence-electron chi connectivity index (χ1n) is 5.78. The Balaban J connectivity index is 2.47. The molecule has 0 unspecified atom stereocenters. The largest absolute Gasteiger partial charge is 0.382 e. The quantitative estimate of drug-likeness (QED) is 0.852. The van der Waals surface area contributed by atoms with Crippen molar-refractivity contribution in [2.75, 3.05) is 17.2 Å². The predicted octanol–water partition coefficient (Wildman–Crippen LogP) is 2.77. The van der Waals surface area contributed by atoms with Gasteiger partial charge in [0.1, 0.15) is 11.6 Å². The second-order valence-corrected chi connectivity index (χ2v) is 4.09. The highest BCUT2D eigenvalue weighted by atomic mass is 15.2. The van der Waals surface area contributed by atoms with Gasteiger partial charge in [-0.15, -0.1) is 0 Å². The van der Waals surface area contributed by atoms with Gasteiger partial charge < -0.3 is 15.6 Å². The molecule has 0 spiro atoms. The Labute approximate surface area is 101 Å². The second kappa shape index (κ2) is 4.49. The van der Waals surface area contributed by atoms with E-state index in [0.717, 1.165) is 23.9 Å². The molecule has 4 heteroatoms. The summed E-state index contributed by atoms with van der Waals surface area (Å²) in [6.07, 6.45) is 0. The molecule has 90 valence electrons. The van der Waals surface area contributed by atoms with Gasteiger partial charge in [0.15, 0.2) is 5.82 Å². The van der Waals surface area contributed by atoms with Crippen LogP contribution in [0.4, 0.5) is 17.3 Å². The maximum Gasteiger partial charge on any atom is 0.175 e. The molecule has 0 saturated carbocycles. The topological polar surface area (TPSA) is 57.9 Å². The number of rotatable bonds is 3. The lowest BCUT2D eigenvalue weighted by Crippen LogP contribution is -2.18. The molecule has 1 aromatic carbocycles. The van der Waals surface area contributed by atoms with Gasteiger partial charge in [-0.2, -0.15) is 0 Å². The first-order valence-corrected chi connectivity index (χ1v) is 5.78. The van der Waals surface area contributed by atoms with Crippen LogP contribution >= 0.6 is 0 Å². The summed E-state index contributed by atoms with van der Waals surface area (Å²) in [5.74, 6) is 2.26. The van der Waals surface area contributed by atoms with E-state index in [0.29, 0.717) is 5.82 Å². The number of nitrogens with one attached hydrogen (secondary N) is 1. The number of nitrogens with two attached hydrogens (primary N) is 1. The highest BCUT2D eigenvalue weighted by Crippen LogP contribution is 2.30. The summed E-state index contributed by atoms with van der Waals surface area (Å²) in [4.78, 5) is 9.60. The van der Waals surface area contributed by atoms with Crippen LogP contribution in [0, 0.1) is 13.8 Å². The first kappa shape index (κ1) is 11.5. The van der Waals surface area contributed by atoms with E-state index in [9.17, 15) is 0 Å². The highest BCUT2D eigenvalue weighted by molar-refractivity contribution is 5.71. The number of imidazole rings is 1. The molecule has 0 aliphatic heterocycles. The summed E-state index contributed by atoms with van der Waals surface area (Å²) in [5, 5.41) is 0. The van der Waals surface area contributed by atoms with E-state index in [1.807, 2.05) is 19.1 Å². The third-order valence-corrected chi connectivity index (χ3v) is 2.81. The molecule has 0 bridgehead atoms. The van der Waals surface area contributed by atoms with Gasteiger partial charge in [0.25, 0.3) is 0 Å². The van der Waals surface area contributed by atoms with Gasteiger partial charge in [-0.1, -0.05) is 18.2 Å². The van der Waals surface area contributed by atoms with Crippen LogP contribution in [0.25, 0.3) is 0 Å². The molecule has 4 nitrogen and oxygen atoms in total. The van der Waals surface area contributed by atoms with E-state index in [1.165, 1.54) is 5.56 Å². The lowest BCUT2D eigenvalue weighted by molar-refractivity contribution is 0.987. The number of aromatic nitrogens is 2. The lowest BCUT2D eigenvalue weighted by Gasteiger charge is -2.23. The van der Waals surface area contributed by atoms with E-state index in [4.69, 9.17) is 5.73 Å². The molecule has 1 heterocycles. The van der Waals surface area contributed by atoms with E-state index in [1.54, 1.807) is 0 Å². The number of aryl methyl sites for hydroxylation is 2. The van der Waals surface area contributed by atoms with E-state index < -0.39 is 0 Å². The van der Waals surface area contributed by atoms with Crippen LogP contribution < -0.4 is 10.6 Å². The van der Waals surface area contributed by atoms with Crippen molar-refractivity contribution < 1.29 is 0 Å². The number of anilines is 3. The van der Waals surface area contributed by atoms with Crippen LogP contribution in [-0.4, -0.2) is 16.5 Å². The van der Waals surface area contributed by atoms with E-state index in [2.05, 4.69) is 40.8 Å². The van der Waals surface area contributed by atoms with Crippen LogP contribution in [0.5, 0.6) is 0 Å². The van der Waals surface area contributed by atoms with Gasteiger partial charge in [-0.25, -0.2) is 4.98 Å². The van der Waals surface area contributed by atoms with Crippen molar-refractivity contribution in [3.05, 3.63) is 35.7 Å². The number of nitrogen functional groups attached to an aromatic ring is 1. The summed E-state index contributed by atoms with van der Waals surface area (Å²) in [6.45, 7) is 6.93. The summed E-state index contributed by atoms with van der Waals surface area (Å²) < 4.78 is 0. The normalized spacial score (nSPS) is 10.5. The third-order valence-electron chi connectivity index (χ3n) is 2.81. The summed E-state index contributed by atoms with van der Waals surface area (Å²) >= 11 is 0. The van der Waals surface area contributed by atoms with Crippen LogP contribution in [0.15, 0.2) is 24.3 Å². The molecule has 2 rings (SSSR count). The van der Waals surface area contributed by atoms with Gasteiger partial charge in [0, 0.05) is 12.2 Å². The second-order valence-electron chi connectivity index (χ2n) is 4.09. The molecule has 1 aromatic heterocycles. The number of hydrogen-bond donors (Lipinski definition) is 2. The van der Waals surface area contributed by atoms with Crippen molar-refractivity contribution in [3.8, 4) is 0 Å². The van der Waals surface area contributed by atoms with E-state index >= 15 is 0 Å². The Morgan fingerprint density at radius 2 is 2.00 bits per heavy atom. The maximum absolute atomic E-state index is 5.95. The SMILES string of the molecule is CCN(c1ccccc1C)c1nc(C)[nH]c1N. The highest BCUT2D eigenvalue weighted by Gasteiger charge is 2.15. The summed E-state index contributed by atoms with van der Waals surface area (Å²) in [5.41, 5.74) is 8.31. The molecule has 0 amide bonds. The lowest BCUT2D eigenvalue weighted by atomic mass is 10.2. The van der Waals surface area contributed by atoms with Gasteiger partial charge in [0.05, 0.1) is 0 Å². The predicted molar refractivity (Wildman–Crippen MR) is 71.6 cm³/mol. The Hall–Kier alpha value is -1.97. The van der Waals surface area contributed by atoms with Gasteiger partial charge in [-0.3, -0.25) is 0 Å². The molecule has 17 heavy (non-hydrogen) atoms. The number of hydrogen-bond acceptors (Lipinski definition) is 3.